The Bertz CT molecular complexity index is 361. The molecule has 0 spiro atoms. The Labute approximate surface area is 68.8 Å². The molecule has 0 radical (unpaired) electrons. The first-order chi connectivity index (χ1) is 5.79. The van der Waals surface area contributed by atoms with Crippen LogP contribution in [0, 0.1) is 5.21 Å². The van der Waals surface area contributed by atoms with Crippen LogP contribution in [0.2, 0.25) is 0 Å². The summed E-state index contributed by atoms with van der Waals surface area (Å²) in [6.45, 7) is 0.242. The normalized spacial score (nSPS) is 21.0. The predicted octanol–water partition coefficient (Wildman–Crippen LogP) is 0.0449. The van der Waals surface area contributed by atoms with Crippen molar-refractivity contribution in [3.05, 3.63) is 29.1 Å². The van der Waals surface area contributed by atoms with Crippen molar-refractivity contribution in [2.45, 2.75) is 0 Å². The molecule has 0 N–H and O–H groups in total. The zero-order valence-electron chi connectivity index (χ0n) is 6.23. The van der Waals surface area contributed by atoms with E-state index in [1.807, 2.05) is 0 Å². The maximum Gasteiger partial charge on any atom is 0.269 e. The van der Waals surface area contributed by atoms with Crippen molar-refractivity contribution in [3.63, 3.8) is 0 Å². The standard InChI is InChI=1S/C8H6N2O2/c11-7-5-9-4-6-2-1-3-10(12)8(6)7/h1-2,4-5H,3H2. The lowest BCUT2D eigenvalue weighted by Gasteiger charge is -2.12. The van der Waals surface area contributed by atoms with Gasteiger partial charge in [0.25, 0.3) is 11.5 Å². The molecule has 2 aliphatic heterocycles. The average Bonchev–Trinajstić information content (AvgIpc) is 2.04. The van der Waals surface area contributed by atoms with Crippen LogP contribution in [0.3, 0.4) is 0 Å². The van der Waals surface area contributed by atoms with Gasteiger partial charge in [0.2, 0.25) is 0 Å². The summed E-state index contributed by atoms with van der Waals surface area (Å²) in [7, 11) is 0. The Kier molecular flexibility index (Phi) is 1.40. The summed E-state index contributed by atoms with van der Waals surface area (Å²) in [5.74, 6) is -0.313. The molecule has 0 atom stereocenters. The summed E-state index contributed by atoms with van der Waals surface area (Å²) < 4.78 is 0.680. The molecular weight excluding hydrogens is 156 g/mol. The number of hydroxylamine groups is 1. The quantitative estimate of drug-likeness (QED) is 0.373. The number of ketones is 1. The number of hydrogen-bond acceptors (Lipinski definition) is 3. The maximum atomic E-state index is 11.1. The number of hydrogen-bond donors (Lipinski definition) is 0. The SMILES string of the molecule is O=C1C=NC=C2C=CC[N+]([O-])=C12. The second kappa shape index (κ2) is 2.41. The minimum atomic E-state index is -0.313. The van der Waals surface area contributed by atoms with E-state index < -0.39 is 0 Å². The summed E-state index contributed by atoms with van der Waals surface area (Å²) in [6, 6.07) is 0. The Morgan fingerprint density at radius 2 is 2.42 bits per heavy atom. The number of fused-ring (bicyclic) bond motifs is 1. The summed E-state index contributed by atoms with van der Waals surface area (Å²) in [5, 5.41) is 11.1. The second-order valence-corrected chi connectivity index (χ2v) is 2.54. The van der Waals surface area contributed by atoms with Gasteiger partial charge in [-0.2, -0.15) is 4.74 Å². The van der Waals surface area contributed by atoms with E-state index in [0.717, 1.165) is 6.21 Å². The first kappa shape index (κ1) is 6.97. The highest BCUT2D eigenvalue weighted by atomic mass is 16.5. The fourth-order valence-corrected chi connectivity index (χ4v) is 1.21. The van der Waals surface area contributed by atoms with E-state index >= 15 is 0 Å². The van der Waals surface area contributed by atoms with Crippen LogP contribution in [0.15, 0.2) is 28.9 Å². The molecule has 0 saturated carbocycles. The first-order valence-electron chi connectivity index (χ1n) is 3.55. The van der Waals surface area contributed by atoms with Gasteiger partial charge in [-0.25, -0.2) is 0 Å². The first-order valence-corrected chi connectivity index (χ1v) is 3.55. The van der Waals surface area contributed by atoms with Crippen molar-refractivity contribution < 1.29 is 9.53 Å². The lowest BCUT2D eigenvalue weighted by Crippen LogP contribution is -2.31. The smallest absolute Gasteiger partial charge is 0.269 e. The van der Waals surface area contributed by atoms with Crippen LogP contribution in [0.1, 0.15) is 0 Å². The number of carbonyl (C=O) groups excluding carboxylic acids is 1. The van der Waals surface area contributed by atoms with E-state index in [0.29, 0.717) is 10.3 Å². The van der Waals surface area contributed by atoms with E-state index in [9.17, 15) is 10.0 Å². The van der Waals surface area contributed by atoms with Gasteiger partial charge in [-0.05, 0) is 12.2 Å². The minimum Gasteiger partial charge on any atom is -0.623 e. The lowest BCUT2D eigenvalue weighted by atomic mass is 10.0. The molecule has 0 aromatic rings. The molecule has 0 aliphatic carbocycles. The van der Waals surface area contributed by atoms with Crippen molar-refractivity contribution in [1.82, 2.24) is 0 Å². The molecule has 0 aromatic carbocycles. The number of carbonyl (C=O) groups is 1. The third-order valence-corrected chi connectivity index (χ3v) is 1.73. The Morgan fingerprint density at radius 3 is 3.17 bits per heavy atom. The lowest BCUT2D eigenvalue weighted by molar-refractivity contribution is -0.445. The van der Waals surface area contributed by atoms with Crippen LogP contribution in [0.5, 0.6) is 0 Å². The van der Waals surface area contributed by atoms with Gasteiger partial charge in [-0.3, -0.25) is 9.79 Å². The Hall–Kier alpha value is -1.71. The van der Waals surface area contributed by atoms with Crippen LogP contribution in [0.4, 0.5) is 0 Å². The molecule has 2 rings (SSSR count). The molecule has 2 heterocycles. The number of aliphatic imine (C=N–C) groups is 1. The van der Waals surface area contributed by atoms with Crippen molar-refractivity contribution in [2.75, 3.05) is 6.54 Å². The van der Waals surface area contributed by atoms with E-state index in [-0.39, 0.29) is 18.0 Å². The highest BCUT2D eigenvalue weighted by Crippen LogP contribution is 2.09. The van der Waals surface area contributed by atoms with E-state index in [1.54, 1.807) is 12.2 Å². The predicted molar refractivity (Wildman–Crippen MR) is 44.2 cm³/mol. The summed E-state index contributed by atoms with van der Waals surface area (Å²) >= 11 is 0. The highest BCUT2D eigenvalue weighted by Gasteiger charge is 2.26. The molecule has 12 heavy (non-hydrogen) atoms. The van der Waals surface area contributed by atoms with Crippen molar-refractivity contribution >= 4 is 17.7 Å². The molecule has 4 nitrogen and oxygen atoms in total. The number of nitrogens with zero attached hydrogens (tertiary/aromatic N) is 2. The van der Waals surface area contributed by atoms with Gasteiger partial charge in [-0.1, -0.05) is 0 Å². The number of Topliss-reactive ketones (excluding diaryl/α,β-unsaturated/α-hetero) is 1. The molecule has 0 amide bonds. The second-order valence-electron chi connectivity index (χ2n) is 2.54. The van der Waals surface area contributed by atoms with Crippen molar-refractivity contribution in [2.24, 2.45) is 4.99 Å². The molecule has 0 aromatic heterocycles. The van der Waals surface area contributed by atoms with Crippen LogP contribution in [-0.2, 0) is 4.79 Å². The zero-order valence-corrected chi connectivity index (χ0v) is 6.23. The topological polar surface area (TPSA) is 55.5 Å². The van der Waals surface area contributed by atoms with Crippen LogP contribution >= 0.6 is 0 Å². The van der Waals surface area contributed by atoms with Crippen molar-refractivity contribution in [1.29, 1.82) is 0 Å². The van der Waals surface area contributed by atoms with E-state index in [4.69, 9.17) is 0 Å². The van der Waals surface area contributed by atoms with Gasteiger partial charge in [0.15, 0.2) is 6.54 Å². The van der Waals surface area contributed by atoms with Crippen LogP contribution in [-0.4, -0.2) is 29.0 Å². The fraction of sp³-hybridized carbons (Fsp3) is 0.125. The molecule has 0 fully saturated rings. The van der Waals surface area contributed by atoms with Crippen molar-refractivity contribution in [3.8, 4) is 0 Å². The van der Waals surface area contributed by atoms with E-state index in [2.05, 4.69) is 4.99 Å². The highest BCUT2D eigenvalue weighted by molar-refractivity contribution is 6.64. The van der Waals surface area contributed by atoms with Gasteiger partial charge < -0.3 is 5.21 Å². The molecule has 0 saturated heterocycles. The summed E-state index contributed by atoms with van der Waals surface area (Å²) in [5.41, 5.74) is 0.802. The Morgan fingerprint density at radius 1 is 1.58 bits per heavy atom. The largest absolute Gasteiger partial charge is 0.623 e. The summed E-state index contributed by atoms with van der Waals surface area (Å²) in [4.78, 5) is 14.8. The third kappa shape index (κ3) is 0.887. The third-order valence-electron chi connectivity index (χ3n) is 1.73. The van der Waals surface area contributed by atoms with E-state index in [1.165, 1.54) is 6.20 Å². The fourth-order valence-electron chi connectivity index (χ4n) is 1.21. The molecule has 4 heteroatoms. The number of allylic oxidation sites excluding steroid dienone is 2. The minimum absolute atomic E-state index is 0.201. The van der Waals surface area contributed by atoms with Crippen LogP contribution < -0.4 is 0 Å². The monoisotopic (exact) mass is 162 g/mol. The van der Waals surface area contributed by atoms with Gasteiger partial charge in [0, 0.05) is 6.20 Å². The average molecular weight is 162 g/mol. The zero-order chi connectivity index (χ0) is 8.55. The molecule has 2 aliphatic rings. The van der Waals surface area contributed by atoms with Gasteiger partial charge in [-0.15, -0.1) is 0 Å². The van der Waals surface area contributed by atoms with Crippen LogP contribution in [0.25, 0.3) is 0 Å². The summed E-state index contributed by atoms with van der Waals surface area (Å²) in [6.07, 6.45) is 6.11. The Balaban J connectivity index is 2.56. The van der Waals surface area contributed by atoms with Gasteiger partial charge in [0.1, 0.15) is 0 Å². The van der Waals surface area contributed by atoms with Gasteiger partial charge >= 0.3 is 0 Å². The maximum absolute atomic E-state index is 11.1. The number of rotatable bonds is 0. The molecular formula is C8H6N2O2. The molecule has 0 unspecified atom stereocenters. The molecule has 60 valence electrons. The van der Waals surface area contributed by atoms with Gasteiger partial charge in [0.05, 0.1) is 11.8 Å². The molecule has 0 bridgehead atoms.